The van der Waals surface area contributed by atoms with Crippen molar-refractivity contribution in [3.63, 3.8) is 0 Å². The van der Waals surface area contributed by atoms with E-state index in [2.05, 4.69) is 77.8 Å². The summed E-state index contributed by atoms with van der Waals surface area (Å²) < 4.78 is 2.16. The number of hydrogen-bond acceptors (Lipinski definition) is 3. The number of benzene rings is 2. The molecule has 0 bridgehead atoms. The maximum Gasteiger partial charge on any atom is 0.256 e. The van der Waals surface area contributed by atoms with Crippen LogP contribution in [0.4, 0.5) is 5.82 Å². The third-order valence-corrected chi connectivity index (χ3v) is 6.43. The third-order valence-electron chi connectivity index (χ3n) is 6.43. The Morgan fingerprint density at radius 1 is 0.879 bits per heavy atom. The number of aryl methyl sites for hydroxylation is 3. The molecule has 2 aromatic carbocycles. The summed E-state index contributed by atoms with van der Waals surface area (Å²) in [7, 11) is 2.06. The Kier molecular flexibility index (Phi) is 6.43. The summed E-state index contributed by atoms with van der Waals surface area (Å²) in [4.78, 5) is 22.6. The minimum atomic E-state index is 0. The molecule has 5 rings (SSSR count). The number of halogens is 1. The molecule has 33 heavy (non-hydrogen) atoms. The van der Waals surface area contributed by atoms with Crippen molar-refractivity contribution in [3.05, 3.63) is 83.6 Å². The lowest BCUT2D eigenvalue weighted by molar-refractivity contribution is 0.0749. The largest absolute Gasteiger partial charge is 0.353 e. The summed E-state index contributed by atoms with van der Waals surface area (Å²) in [6, 6.07) is 20.8. The predicted molar refractivity (Wildman–Crippen MR) is 137 cm³/mol. The van der Waals surface area contributed by atoms with E-state index in [1.54, 1.807) is 0 Å². The molecule has 0 N–H and O–H groups in total. The second-order valence-corrected chi connectivity index (χ2v) is 8.64. The van der Waals surface area contributed by atoms with Crippen LogP contribution in [0.5, 0.6) is 0 Å². The molecule has 1 saturated heterocycles. The number of hydrogen-bond donors (Lipinski definition) is 0. The maximum absolute atomic E-state index is 13.9. The number of pyridine rings is 1. The monoisotopic (exact) mass is 460 g/mol. The van der Waals surface area contributed by atoms with Crippen LogP contribution in [0.2, 0.25) is 0 Å². The molecular formula is C27H29ClN4O. The fourth-order valence-electron chi connectivity index (χ4n) is 4.66. The van der Waals surface area contributed by atoms with Gasteiger partial charge in [-0.05, 0) is 43.7 Å². The van der Waals surface area contributed by atoms with Gasteiger partial charge in [-0.15, -0.1) is 12.4 Å². The van der Waals surface area contributed by atoms with Crippen molar-refractivity contribution in [2.75, 3.05) is 31.1 Å². The van der Waals surface area contributed by atoms with Crippen molar-refractivity contribution < 1.29 is 4.79 Å². The van der Waals surface area contributed by atoms with Gasteiger partial charge in [0.25, 0.3) is 5.91 Å². The van der Waals surface area contributed by atoms with Gasteiger partial charge in [0.2, 0.25) is 0 Å². The van der Waals surface area contributed by atoms with Gasteiger partial charge in [-0.1, -0.05) is 47.5 Å². The van der Waals surface area contributed by atoms with Crippen molar-refractivity contribution in [3.8, 4) is 11.3 Å². The summed E-state index contributed by atoms with van der Waals surface area (Å²) in [6.07, 6.45) is 1.82. The van der Waals surface area contributed by atoms with E-state index >= 15 is 0 Å². The Balaban J connectivity index is 0.00000259. The zero-order chi connectivity index (χ0) is 22.2. The zero-order valence-electron chi connectivity index (χ0n) is 19.3. The average molecular weight is 461 g/mol. The summed E-state index contributed by atoms with van der Waals surface area (Å²) in [6.45, 7) is 7.11. The molecule has 5 nitrogen and oxygen atoms in total. The molecule has 2 aromatic heterocycles. The molecular weight excluding hydrogens is 432 g/mol. The number of aromatic nitrogens is 2. The van der Waals surface area contributed by atoms with Crippen LogP contribution >= 0.6 is 12.4 Å². The van der Waals surface area contributed by atoms with Crippen LogP contribution in [-0.4, -0.2) is 46.5 Å². The topological polar surface area (TPSA) is 41.4 Å². The predicted octanol–water partition coefficient (Wildman–Crippen LogP) is 5.24. The van der Waals surface area contributed by atoms with E-state index in [-0.39, 0.29) is 18.3 Å². The second-order valence-electron chi connectivity index (χ2n) is 8.64. The number of amides is 1. The Hall–Kier alpha value is -3.31. The number of anilines is 1. The van der Waals surface area contributed by atoms with Crippen molar-refractivity contribution in [1.29, 1.82) is 0 Å². The smallest absolute Gasteiger partial charge is 0.256 e. The molecule has 1 fully saturated rings. The minimum absolute atomic E-state index is 0. The molecule has 4 aromatic rings. The van der Waals surface area contributed by atoms with E-state index in [4.69, 9.17) is 0 Å². The van der Waals surface area contributed by atoms with Crippen LogP contribution in [-0.2, 0) is 7.05 Å². The van der Waals surface area contributed by atoms with E-state index in [0.717, 1.165) is 52.2 Å². The third kappa shape index (κ3) is 4.21. The second kappa shape index (κ2) is 9.28. The van der Waals surface area contributed by atoms with Crippen molar-refractivity contribution in [2.24, 2.45) is 7.05 Å². The first-order valence-corrected chi connectivity index (χ1v) is 11.1. The number of fused-ring (bicyclic) bond motifs is 1. The van der Waals surface area contributed by atoms with Gasteiger partial charge in [-0.25, -0.2) is 4.98 Å². The van der Waals surface area contributed by atoms with E-state index in [1.165, 1.54) is 5.56 Å². The number of rotatable bonds is 3. The van der Waals surface area contributed by atoms with Gasteiger partial charge in [0.05, 0.1) is 11.3 Å². The highest BCUT2D eigenvalue weighted by Gasteiger charge is 2.29. The van der Waals surface area contributed by atoms with Crippen LogP contribution < -0.4 is 4.90 Å². The average Bonchev–Trinajstić information content (AvgIpc) is 3.11. The number of piperazine rings is 1. The Morgan fingerprint density at radius 3 is 2.24 bits per heavy atom. The molecule has 0 unspecified atom stereocenters. The molecule has 0 aliphatic carbocycles. The molecule has 1 aliphatic heterocycles. The molecule has 1 aliphatic rings. The van der Waals surface area contributed by atoms with Crippen LogP contribution in [0.25, 0.3) is 22.2 Å². The molecule has 170 valence electrons. The quantitative estimate of drug-likeness (QED) is 0.419. The first-order valence-electron chi connectivity index (χ1n) is 11.1. The van der Waals surface area contributed by atoms with Crippen LogP contribution in [0.15, 0.2) is 66.9 Å². The number of carbonyl (C=O) groups excluding carboxylic acids is 1. The fraction of sp³-hybridized carbons (Fsp3) is 0.259. The summed E-state index contributed by atoms with van der Waals surface area (Å²) in [5.74, 6) is 1.08. The molecule has 6 heteroatoms. The van der Waals surface area contributed by atoms with E-state index in [9.17, 15) is 4.79 Å². The molecule has 0 atom stereocenters. The van der Waals surface area contributed by atoms with Crippen molar-refractivity contribution in [1.82, 2.24) is 14.5 Å². The lowest BCUT2D eigenvalue weighted by atomic mass is 10.0. The van der Waals surface area contributed by atoms with E-state index in [1.807, 2.05) is 29.3 Å². The highest BCUT2D eigenvalue weighted by atomic mass is 35.5. The SMILES string of the molecule is Cc1ccc(-c2c(C(=O)N3CCN(c4ccccn4)CC3)c3cc(C)ccc3n2C)cc1.Cl. The lowest BCUT2D eigenvalue weighted by Crippen LogP contribution is -2.49. The first-order chi connectivity index (χ1) is 15.5. The van der Waals surface area contributed by atoms with Crippen LogP contribution in [0, 0.1) is 13.8 Å². The Morgan fingerprint density at radius 2 is 1.58 bits per heavy atom. The van der Waals surface area contributed by atoms with Gasteiger partial charge in [-0.2, -0.15) is 0 Å². The molecule has 3 heterocycles. The first kappa shape index (κ1) is 22.9. The standard InChI is InChI=1S/C27H28N4O.ClH/c1-19-7-10-21(11-8-19)26-25(22-18-20(2)9-12-23(22)29(26)3)27(32)31-16-14-30(15-17-31)24-6-4-5-13-28-24;/h4-13,18H,14-17H2,1-3H3;1H. The zero-order valence-corrected chi connectivity index (χ0v) is 20.1. The summed E-state index contributed by atoms with van der Waals surface area (Å²) in [5.41, 5.74) is 6.32. The highest BCUT2D eigenvalue weighted by Crippen LogP contribution is 2.35. The number of nitrogens with zero attached hydrogens (tertiary/aromatic N) is 4. The maximum atomic E-state index is 13.9. The minimum Gasteiger partial charge on any atom is -0.353 e. The van der Waals surface area contributed by atoms with E-state index in [0.29, 0.717) is 13.1 Å². The van der Waals surface area contributed by atoms with Gasteiger partial charge in [0, 0.05) is 50.3 Å². The molecule has 1 amide bonds. The number of carbonyl (C=O) groups is 1. The van der Waals surface area contributed by atoms with Crippen LogP contribution in [0.3, 0.4) is 0 Å². The summed E-state index contributed by atoms with van der Waals surface area (Å²) >= 11 is 0. The van der Waals surface area contributed by atoms with Gasteiger partial charge in [0.15, 0.2) is 0 Å². The lowest BCUT2D eigenvalue weighted by Gasteiger charge is -2.35. The van der Waals surface area contributed by atoms with Gasteiger partial charge in [-0.3, -0.25) is 4.79 Å². The van der Waals surface area contributed by atoms with Gasteiger partial charge < -0.3 is 14.4 Å². The molecule has 0 radical (unpaired) electrons. The molecule has 0 spiro atoms. The van der Waals surface area contributed by atoms with Crippen LogP contribution in [0.1, 0.15) is 21.5 Å². The van der Waals surface area contributed by atoms with E-state index < -0.39 is 0 Å². The Labute approximate surface area is 201 Å². The van der Waals surface area contributed by atoms with Gasteiger partial charge >= 0.3 is 0 Å². The fourth-order valence-corrected chi connectivity index (χ4v) is 4.66. The van der Waals surface area contributed by atoms with Gasteiger partial charge in [0.1, 0.15) is 5.82 Å². The highest BCUT2D eigenvalue weighted by molar-refractivity contribution is 6.13. The van der Waals surface area contributed by atoms with Crippen molar-refractivity contribution >= 4 is 35.0 Å². The normalized spacial score (nSPS) is 13.8. The summed E-state index contributed by atoms with van der Waals surface area (Å²) in [5, 5.41) is 1.03. The Bertz CT molecular complexity index is 1270. The van der Waals surface area contributed by atoms with Crippen molar-refractivity contribution in [2.45, 2.75) is 13.8 Å². The molecule has 0 saturated carbocycles.